The summed E-state index contributed by atoms with van der Waals surface area (Å²) in [5.74, 6) is -1.34. The van der Waals surface area contributed by atoms with E-state index >= 15 is 0 Å². The zero-order valence-corrected chi connectivity index (χ0v) is 13.7. The first-order valence-corrected chi connectivity index (χ1v) is 8.07. The molecule has 0 aliphatic carbocycles. The van der Waals surface area contributed by atoms with Crippen LogP contribution in [0, 0.1) is 11.6 Å². The van der Waals surface area contributed by atoms with Gasteiger partial charge in [-0.3, -0.25) is 9.59 Å². The van der Waals surface area contributed by atoms with E-state index in [2.05, 4.69) is 0 Å². The lowest BCUT2D eigenvalue weighted by molar-refractivity contribution is -0.144. The molecule has 24 heavy (non-hydrogen) atoms. The Hall–Kier alpha value is -2.02. The molecule has 1 aromatic carbocycles. The van der Waals surface area contributed by atoms with Crippen LogP contribution in [-0.4, -0.2) is 59.0 Å². The Kier molecular flexibility index (Phi) is 6.25. The molecule has 1 aliphatic heterocycles. The number of aliphatic hydroxyl groups excluding tert-OH is 1. The molecule has 2 amide bonds. The van der Waals surface area contributed by atoms with Gasteiger partial charge in [0.15, 0.2) is 0 Å². The smallest absolute Gasteiger partial charge is 0.251 e. The number of halogens is 2. The summed E-state index contributed by atoms with van der Waals surface area (Å²) in [4.78, 5) is 27.0. The highest BCUT2D eigenvalue weighted by molar-refractivity contribution is 5.81. The van der Waals surface area contributed by atoms with Gasteiger partial charge in [-0.2, -0.15) is 0 Å². The van der Waals surface area contributed by atoms with Gasteiger partial charge in [-0.25, -0.2) is 8.78 Å². The topological polar surface area (TPSA) is 60.9 Å². The highest BCUT2D eigenvalue weighted by Gasteiger charge is 2.25. The van der Waals surface area contributed by atoms with Gasteiger partial charge in [-0.15, -0.1) is 0 Å². The lowest BCUT2D eigenvalue weighted by Gasteiger charge is -2.35. The fraction of sp³-hybridized carbons (Fsp3) is 0.529. The number of nitrogens with zero attached hydrogens (tertiary/aromatic N) is 2. The third kappa shape index (κ3) is 4.74. The van der Waals surface area contributed by atoms with Crippen LogP contribution in [0.3, 0.4) is 0 Å². The van der Waals surface area contributed by atoms with E-state index in [-0.39, 0.29) is 23.8 Å². The number of rotatable bonds is 5. The Balaban J connectivity index is 1.76. The van der Waals surface area contributed by atoms with Gasteiger partial charge in [-0.05, 0) is 43.5 Å². The third-order valence-electron chi connectivity index (χ3n) is 4.15. The minimum Gasteiger partial charge on any atom is -0.384 e. The van der Waals surface area contributed by atoms with Gasteiger partial charge in [0.2, 0.25) is 5.91 Å². The summed E-state index contributed by atoms with van der Waals surface area (Å²) in [5.41, 5.74) is 0.273. The molecular formula is C17H22F2N2O3. The maximum absolute atomic E-state index is 13.5. The summed E-state index contributed by atoms with van der Waals surface area (Å²) >= 11 is 0. The minimum atomic E-state index is -1.03. The summed E-state index contributed by atoms with van der Waals surface area (Å²) < 4.78 is 26.6. The minimum absolute atomic E-state index is 0.0593. The highest BCUT2D eigenvalue weighted by Crippen LogP contribution is 2.14. The maximum atomic E-state index is 13.5. The second-order valence-electron chi connectivity index (χ2n) is 5.97. The quantitative estimate of drug-likeness (QED) is 0.880. The van der Waals surface area contributed by atoms with Crippen molar-refractivity contribution >= 4 is 11.8 Å². The maximum Gasteiger partial charge on any atom is 0.251 e. The number of aliphatic hydroxyl groups is 1. The van der Waals surface area contributed by atoms with Gasteiger partial charge in [0, 0.05) is 32.6 Å². The van der Waals surface area contributed by atoms with Gasteiger partial charge in [0.05, 0.1) is 0 Å². The summed E-state index contributed by atoms with van der Waals surface area (Å²) in [6.07, 6.45) is -0.0456. The molecule has 1 atom stereocenters. The molecule has 0 bridgehead atoms. The van der Waals surface area contributed by atoms with Crippen molar-refractivity contribution in [1.82, 2.24) is 9.80 Å². The van der Waals surface area contributed by atoms with Gasteiger partial charge < -0.3 is 14.9 Å². The standard InChI is InChI=1S/C17H22F2N2O3/c1-12(22)17(24)21-9-7-20(8-10-21)16(23)4-2-3-13-11-14(18)5-6-15(13)19/h5-6,11-12,22H,2-4,7-10H2,1H3. The molecule has 0 spiro atoms. The normalized spacial score (nSPS) is 16.2. The van der Waals surface area contributed by atoms with Crippen LogP contribution in [0.25, 0.3) is 0 Å². The third-order valence-corrected chi connectivity index (χ3v) is 4.15. The molecule has 1 saturated heterocycles. The summed E-state index contributed by atoms with van der Waals surface area (Å²) in [5, 5.41) is 9.29. The van der Waals surface area contributed by atoms with Crippen LogP contribution < -0.4 is 0 Å². The summed E-state index contributed by atoms with van der Waals surface area (Å²) in [6, 6.07) is 3.31. The highest BCUT2D eigenvalue weighted by atomic mass is 19.1. The van der Waals surface area contributed by atoms with Crippen molar-refractivity contribution in [2.24, 2.45) is 0 Å². The predicted octanol–water partition coefficient (Wildman–Crippen LogP) is 1.34. The number of amides is 2. The first-order valence-electron chi connectivity index (χ1n) is 8.07. The van der Waals surface area contributed by atoms with E-state index in [9.17, 15) is 23.5 Å². The number of carbonyl (C=O) groups is 2. The van der Waals surface area contributed by atoms with E-state index in [0.29, 0.717) is 39.0 Å². The van der Waals surface area contributed by atoms with Crippen LogP contribution in [0.1, 0.15) is 25.3 Å². The largest absolute Gasteiger partial charge is 0.384 e. The van der Waals surface area contributed by atoms with Gasteiger partial charge in [0.25, 0.3) is 5.91 Å². The van der Waals surface area contributed by atoms with E-state index in [1.54, 1.807) is 4.90 Å². The van der Waals surface area contributed by atoms with E-state index in [4.69, 9.17) is 0 Å². The molecule has 1 N–H and O–H groups in total. The van der Waals surface area contributed by atoms with E-state index in [0.717, 1.165) is 18.2 Å². The molecule has 2 rings (SSSR count). The molecule has 0 saturated carbocycles. The van der Waals surface area contributed by atoms with Crippen LogP contribution in [-0.2, 0) is 16.0 Å². The molecule has 5 nitrogen and oxygen atoms in total. The van der Waals surface area contributed by atoms with Gasteiger partial charge in [-0.1, -0.05) is 0 Å². The zero-order chi connectivity index (χ0) is 17.7. The number of aryl methyl sites for hydroxylation is 1. The van der Waals surface area contributed by atoms with Crippen molar-refractivity contribution in [3.05, 3.63) is 35.4 Å². The lowest BCUT2D eigenvalue weighted by Crippen LogP contribution is -2.52. The molecule has 7 heteroatoms. The van der Waals surface area contributed by atoms with Crippen molar-refractivity contribution in [3.63, 3.8) is 0 Å². The molecule has 0 aromatic heterocycles. The molecule has 1 fully saturated rings. The Labute approximate surface area is 139 Å². The number of carbonyl (C=O) groups excluding carboxylic acids is 2. The first-order chi connectivity index (χ1) is 11.4. The van der Waals surface area contributed by atoms with Gasteiger partial charge >= 0.3 is 0 Å². The second-order valence-corrected chi connectivity index (χ2v) is 5.97. The van der Waals surface area contributed by atoms with Crippen molar-refractivity contribution in [3.8, 4) is 0 Å². The molecule has 132 valence electrons. The van der Waals surface area contributed by atoms with E-state index in [1.165, 1.54) is 11.8 Å². The fourth-order valence-corrected chi connectivity index (χ4v) is 2.76. The molecule has 1 aromatic rings. The number of benzene rings is 1. The zero-order valence-electron chi connectivity index (χ0n) is 13.7. The Bertz CT molecular complexity index is 599. The summed E-state index contributed by atoms with van der Waals surface area (Å²) in [7, 11) is 0. The molecule has 1 heterocycles. The van der Waals surface area contributed by atoms with Crippen LogP contribution in [0.15, 0.2) is 18.2 Å². The Morgan fingerprint density at radius 3 is 2.42 bits per heavy atom. The number of piperazine rings is 1. The Morgan fingerprint density at radius 2 is 1.79 bits per heavy atom. The van der Waals surface area contributed by atoms with Crippen molar-refractivity contribution < 1.29 is 23.5 Å². The summed E-state index contributed by atoms with van der Waals surface area (Å²) in [6.45, 7) is 3.06. The molecular weight excluding hydrogens is 318 g/mol. The SMILES string of the molecule is CC(O)C(=O)N1CCN(C(=O)CCCc2cc(F)ccc2F)CC1. The first kappa shape index (κ1) is 18.3. The van der Waals surface area contributed by atoms with E-state index in [1.807, 2.05) is 0 Å². The average molecular weight is 340 g/mol. The molecule has 1 unspecified atom stereocenters. The van der Waals surface area contributed by atoms with Crippen molar-refractivity contribution in [1.29, 1.82) is 0 Å². The number of hydrogen-bond donors (Lipinski definition) is 1. The van der Waals surface area contributed by atoms with Crippen LogP contribution in [0.4, 0.5) is 8.78 Å². The Morgan fingerprint density at radius 1 is 1.17 bits per heavy atom. The monoisotopic (exact) mass is 340 g/mol. The molecule has 0 radical (unpaired) electrons. The van der Waals surface area contributed by atoms with Crippen LogP contribution in [0.2, 0.25) is 0 Å². The van der Waals surface area contributed by atoms with E-state index < -0.39 is 17.7 Å². The van der Waals surface area contributed by atoms with Crippen LogP contribution >= 0.6 is 0 Å². The predicted molar refractivity (Wildman–Crippen MR) is 84.1 cm³/mol. The second kappa shape index (κ2) is 8.19. The fourth-order valence-electron chi connectivity index (χ4n) is 2.76. The molecule has 1 aliphatic rings. The number of hydrogen-bond acceptors (Lipinski definition) is 3. The lowest BCUT2D eigenvalue weighted by atomic mass is 10.1. The van der Waals surface area contributed by atoms with Crippen molar-refractivity contribution in [2.75, 3.05) is 26.2 Å². The van der Waals surface area contributed by atoms with Crippen LogP contribution in [0.5, 0.6) is 0 Å². The average Bonchev–Trinajstić information content (AvgIpc) is 2.57. The van der Waals surface area contributed by atoms with Gasteiger partial charge in [0.1, 0.15) is 17.7 Å². The van der Waals surface area contributed by atoms with Crippen molar-refractivity contribution in [2.45, 2.75) is 32.3 Å².